The summed E-state index contributed by atoms with van der Waals surface area (Å²) in [7, 11) is 0. The molecule has 1 atom stereocenters. The minimum atomic E-state index is -0.365. The monoisotopic (exact) mass is 354 g/mol. The normalized spacial score (nSPS) is 18.8. The van der Waals surface area contributed by atoms with Crippen LogP contribution in [0, 0.1) is 5.92 Å². The van der Waals surface area contributed by atoms with Crippen LogP contribution >= 0.6 is 12.2 Å². The van der Waals surface area contributed by atoms with Crippen LogP contribution in [0.1, 0.15) is 18.4 Å². The predicted molar refractivity (Wildman–Crippen MR) is 98.8 cm³/mol. The van der Waals surface area contributed by atoms with Crippen LogP contribution in [-0.2, 0) is 16.1 Å². The minimum Gasteiger partial charge on any atom is -0.352 e. The smallest absolute Gasteiger partial charge is 0.241 e. The molecule has 1 aromatic heterocycles. The maximum atomic E-state index is 12.5. The highest BCUT2D eigenvalue weighted by atomic mass is 32.1. The van der Waals surface area contributed by atoms with E-state index >= 15 is 0 Å². The fourth-order valence-corrected chi connectivity index (χ4v) is 2.96. The number of aromatic nitrogens is 1. The molecule has 2 aliphatic rings. The standard InChI is InChI=1S/C18H18N4O2S/c23-16(20-12-13-5-3-9-19-11-13)8-4-10-22-17(24)14-6-1-2-7-15(14)21-18(22)25/h1-3,5-7,9,11,14H,4,8,10,12H2,(H,20,23). The maximum absolute atomic E-state index is 12.5. The van der Waals surface area contributed by atoms with Crippen LogP contribution in [0.25, 0.3) is 0 Å². The summed E-state index contributed by atoms with van der Waals surface area (Å²) in [5.41, 5.74) is 1.63. The molecule has 0 bridgehead atoms. The highest BCUT2D eigenvalue weighted by molar-refractivity contribution is 7.80. The van der Waals surface area contributed by atoms with Gasteiger partial charge in [0.15, 0.2) is 0 Å². The van der Waals surface area contributed by atoms with Crippen molar-refractivity contribution < 1.29 is 9.59 Å². The fourth-order valence-electron chi connectivity index (χ4n) is 2.68. The lowest BCUT2D eigenvalue weighted by molar-refractivity contribution is -0.129. The first kappa shape index (κ1) is 17.2. The van der Waals surface area contributed by atoms with Gasteiger partial charge < -0.3 is 5.32 Å². The van der Waals surface area contributed by atoms with Crippen molar-refractivity contribution in [3.8, 4) is 0 Å². The lowest BCUT2D eigenvalue weighted by atomic mass is 9.95. The summed E-state index contributed by atoms with van der Waals surface area (Å²) >= 11 is 5.22. The second-order valence-electron chi connectivity index (χ2n) is 5.77. The lowest BCUT2D eigenvalue weighted by Crippen LogP contribution is -2.46. The molecule has 25 heavy (non-hydrogen) atoms. The van der Waals surface area contributed by atoms with Gasteiger partial charge in [-0.05, 0) is 36.3 Å². The molecule has 1 N–H and O–H groups in total. The van der Waals surface area contributed by atoms with Crippen molar-refractivity contribution in [3.05, 3.63) is 54.4 Å². The third-order valence-electron chi connectivity index (χ3n) is 3.99. The number of nitrogens with zero attached hydrogens (tertiary/aromatic N) is 3. The number of nitrogens with one attached hydrogen (secondary N) is 1. The number of thiocarbonyl (C=S) groups is 1. The maximum Gasteiger partial charge on any atom is 0.241 e. The van der Waals surface area contributed by atoms with Crippen molar-refractivity contribution in [1.82, 2.24) is 15.2 Å². The largest absolute Gasteiger partial charge is 0.352 e. The number of rotatable bonds is 6. The molecule has 3 rings (SSSR count). The highest BCUT2D eigenvalue weighted by Crippen LogP contribution is 2.20. The predicted octanol–water partition coefficient (Wildman–Crippen LogP) is 1.79. The molecule has 1 aromatic rings. The molecular weight excluding hydrogens is 336 g/mol. The second kappa shape index (κ2) is 7.94. The van der Waals surface area contributed by atoms with Gasteiger partial charge in [0, 0.05) is 31.9 Å². The van der Waals surface area contributed by atoms with E-state index in [1.54, 1.807) is 18.5 Å². The molecule has 7 heteroatoms. The SMILES string of the molecule is O=C(CCCN1C(=O)C2C=CC=CC2=NC1=S)NCc1cccnc1. The van der Waals surface area contributed by atoms with E-state index in [2.05, 4.69) is 15.3 Å². The molecule has 0 fully saturated rings. The average Bonchev–Trinajstić information content (AvgIpc) is 2.63. The number of aliphatic imine (C=N–C) groups is 1. The molecule has 1 aliphatic heterocycles. The summed E-state index contributed by atoms with van der Waals surface area (Å²) in [6.07, 6.45) is 11.6. The Morgan fingerprint density at radius 3 is 3.04 bits per heavy atom. The molecule has 0 spiro atoms. The second-order valence-corrected chi connectivity index (χ2v) is 6.14. The number of carbonyl (C=O) groups excluding carboxylic acids is 2. The zero-order valence-electron chi connectivity index (χ0n) is 13.6. The summed E-state index contributed by atoms with van der Waals surface area (Å²) in [5.74, 6) is -0.508. The van der Waals surface area contributed by atoms with Crippen molar-refractivity contribution >= 4 is 34.9 Å². The first-order valence-corrected chi connectivity index (χ1v) is 8.50. The van der Waals surface area contributed by atoms with Crippen LogP contribution in [0.15, 0.2) is 53.8 Å². The Morgan fingerprint density at radius 2 is 2.24 bits per heavy atom. The zero-order chi connectivity index (χ0) is 17.6. The van der Waals surface area contributed by atoms with Crippen LogP contribution in [0.4, 0.5) is 0 Å². The highest BCUT2D eigenvalue weighted by Gasteiger charge is 2.33. The van der Waals surface area contributed by atoms with Crippen LogP contribution in [0.5, 0.6) is 0 Å². The van der Waals surface area contributed by atoms with Gasteiger partial charge in [0.1, 0.15) is 0 Å². The van der Waals surface area contributed by atoms with Crippen LogP contribution < -0.4 is 5.32 Å². The molecule has 0 radical (unpaired) electrons. The fraction of sp³-hybridized carbons (Fsp3) is 0.278. The Hall–Kier alpha value is -2.67. The summed E-state index contributed by atoms with van der Waals surface area (Å²) < 4.78 is 0. The molecule has 2 heterocycles. The van der Waals surface area contributed by atoms with E-state index in [9.17, 15) is 9.59 Å². The van der Waals surface area contributed by atoms with Crippen molar-refractivity contribution in [2.75, 3.05) is 6.54 Å². The third kappa shape index (κ3) is 4.24. The molecule has 0 saturated carbocycles. The van der Waals surface area contributed by atoms with Gasteiger partial charge in [0.25, 0.3) is 0 Å². The number of pyridine rings is 1. The number of fused-ring (bicyclic) bond motifs is 1. The third-order valence-corrected chi connectivity index (χ3v) is 4.30. The van der Waals surface area contributed by atoms with Gasteiger partial charge in [-0.1, -0.05) is 24.3 Å². The molecular formula is C18H18N4O2S. The Labute approximate surface area is 151 Å². The minimum absolute atomic E-state index is 0.0658. The lowest BCUT2D eigenvalue weighted by Gasteiger charge is -2.30. The van der Waals surface area contributed by atoms with E-state index in [1.807, 2.05) is 30.4 Å². The Morgan fingerprint density at radius 1 is 1.36 bits per heavy atom. The Bertz CT molecular complexity index is 771. The van der Waals surface area contributed by atoms with Crippen LogP contribution in [-0.4, -0.2) is 39.1 Å². The number of amides is 2. The van der Waals surface area contributed by atoms with Gasteiger partial charge in [-0.15, -0.1) is 0 Å². The van der Waals surface area contributed by atoms with Crippen molar-refractivity contribution in [3.63, 3.8) is 0 Å². The Kier molecular flexibility index (Phi) is 5.45. The summed E-state index contributed by atoms with van der Waals surface area (Å²) in [6, 6.07) is 3.73. The first-order chi connectivity index (χ1) is 12.1. The van der Waals surface area contributed by atoms with Gasteiger partial charge >= 0.3 is 0 Å². The molecule has 2 amide bonds. The van der Waals surface area contributed by atoms with Gasteiger partial charge in [0.05, 0.1) is 11.6 Å². The molecule has 1 aliphatic carbocycles. The van der Waals surface area contributed by atoms with E-state index in [-0.39, 0.29) is 22.8 Å². The van der Waals surface area contributed by atoms with Crippen LogP contribution in [0.2, 0.25) is 0 Å². The molecule has 0 aromatic carbocycles. The van der Waals surface area contributed by atoms with Crippen molar-refractivity contribution in [2.45, 2.75) is 19.4 Å². The van der Waals surface area contributed by atoms with Gasteiger partial charge in [-0.3, -0.25) is 19.5 Å². The van der Waals surface area contributed by atoms with E-state index in [1.165, 1.54) is 4.90 Å². The number of carbonyl (C=O) groups is 2. The van der Waals surface area contributed by atoms with E-state index < -0.39 is 0 Å². The van der Waals surface area contributed by atoms with Crippen LogP contribution in [0.3, 0.4) is 0 Å². The van der Waals surface area contributed by atoms with Gasteiger partial charge in [-0.2, -0.15) is 0 Å². The summed E-state index contributed by atoms with van der Waals surface area (Å²) in [4.78, 5) is 34.3. The quantitative estimate of drug-likeness (QED) is 0.791. The zero-order valence-corrected chi connectivity index (χ0v) is 14.4. The van der Waals surface area contributed by atoms with Crippen molar-refractivity contribution in [1.29, 1.82) is 0 Å². The summed E-state index contributed by atoms with van der Waals surface area (Å²) in [5, 5.41) is 3.11. The summed E-state index contributed by atoms with van der Waals surface area (Å²) in [6.45, 7) is 0.837. The molecule has 1 unspecified atom stereocenters. The Balaban J connectivity index is 1.47. The molecule has 6 nitrogen and oxygen atoms in total. The van der Waals surface area contributed by atoms with Crippen molar-refractivity contribution in [2.24, 2.45) is 10.9 Å². The topological polar surface area (TPSA) is 74.7 Å². The molecule has 0 saturated heterocycles. The molecule has 128 valence electrons. The van der Waals surface area contributed by atoms with E-state index in [0.717, 1.165) is 5.56 Å². The number of hydrogen-bond acceptors (Lipinski definition) is 4. The van der Waals surface area contributed by atoms with Gasteiger partial charge in [-0.25, -0.2) is 4.99 Å². The number of hydrogen-bond donors (Lipinski definition) is 1. The van der Waals surface area contributed by atoms with E-state index in [0.29, 0.717) is 31.6 Å². The van der Waals surface area contributed by atoms with E-state index in [4.69, 9.17) is 12.2 Å². The average molecular weight is 354 g/mol. The van der Waals surface area contributed by atoms with Gasteiger partial charge in [0.2, 0.25) is 16.9 Å². The number of allylic oxidation sites excluding steroid dienone is 3. The first-order valence-electron chi connectivity index (χ1n) is 8.09.